The lowest BCUT2D eigenvalue weighted by molar-refractivity contribution is 0.0331. The standard InChI is InChI=1S/C28H44O2/c1-17(2)18(3)7-8-19(4)22-9-10-23-26-24(12-14-28(22,23)6)27(5)13-11-21(29)15-20(27)16-25(26)30/h7-8,16-19,21-24,29-30H,9-15H2,1-6H3/b8-7+/t18-,19+,21-,22?,23-,24?,27-,28+/m0/s1. The largest absolute Gasteiger partial charge is 0.508 e. The van der Waals surface area contributed by atoms with Gasteiger partial charge in [-0.25, -0.2) is 0 Å². The third kappa shape index (κ3) is 3.42. The molecule has 3 fully saturated rings. The second-order valence-electron chi connectivity index (χ2n) is 12.0. The fraction of sp³-hybridized carbons (Fsp3) is 0.786. The molecule has 4 aliphatic rings. The van der Waals surface area contributed by atoms with Crippen molar-refractivity contribution in [3.63, 3.8) is 0 Å². The first-order valence-corrected chi connectivity index (χ1v) is 12.6. The molecule has 168 valence electrons. The lowest BCUT2D eigenvalue weighted by atomic mass is 9.49. The molecule has 0 radical (unpaired) electrons. The van der Waals surface area contributed by atoms with Crippen molar-refractivity contribution in [1.29, 1.82) is 0 Å². The number of allylic oxidation sites excluding steroid dienone is 4. The van der Waals surface area contributed by atoms with Crippen LogP contribution in [0, 0.1) is 46.3 Å². The van der Waals surface area contributed by atoms with Gasteiger partial charge < -0.3 is 10.2 Å². The number of aliphatic hydroxyl groups excluding tert-OH is 2. The number of fused-ring (bicyclic) bond motifs is 5. The van der Waals surface area contributed by atoms with E-state index in [1.165, 1.54) is 36.8 Å². The molecule has 4 rings (SSSR count). The van der Waals surface area contributed by atoms with E-state index in [-0.39, 0.29) is 11.5 Å². The van der Waals surface area contributed by atoms with Crippen molar-refractivity contribution in [2.75, 3.05) is 0 Å². The maximum absolute atomic E-state index is 11.2. The fourth-order valence-electron chi connectivity index (χ4n) is 7.66. The SMILES string of the molecule is CC(C)[C@@H](C)/C=C/[C@@H](C)C1CC[C@H]2C3=C(O)C=C4C[C@@H](O)CC[C@]4(C)C3CC[C@]12C. The Balaban J connectivity index is 1.62. The number of aliphatic hydroxyl groups is 2. The molecule has 0 aliphatic heterocycles. The second-order valence-corrected chi connectivity index (χ2v) is 12.0. The van der Waals surface area contributed by atoms with Crippen LogP contribution in [0.2, 0.25) is 0 Å². The molecule has 2 nitrogen and oxygen atoms in total. The van der Waals surface area contributed by atoms with Gasteiger partial charge in [0.2, 0.25) is 0 Å². The minimum absolute atomic E-state index is 0.137. The lowest BCUT2D eigenvalue weighted by Gasteiger charge is -2.55. The maximum atomic E-state index is 11.2. The van der Waals surface area contributed by atoms with Crippen molar-refractivity contribution < 1.29 is 10.2 Å². The summed E-state index contributed by atoms with van der Waals surface area (Å²) in [5.41, 5.74) is 3.10. The molecule has 3 saturated carbocycles. The van der Waals surface area contributed by atoms with Crippen molar-refractivity contribution in [3.05, 3.63) is 35.1 Å². The quantitative estimate of drug-likeness (QED) is 0.479. The van der Waals surface area contributed by atoms with Crippen LogP contribution in [0.5, 0.6) is 0 Å². The average Bonchev–Trinajstić information content (AvgIpc) is 3.04. The molecule has 0 spiro atoms. The zero-order valence-corrected chi connectivity index (χ0v) is 20.1. The second kappa shape index (κ2) is 7.84. The van der Waals surface area contributed by atoms with E-state index in [0.29, 0.717) is 46.7 Å². The van der Waals surface area contributed by atoms with Crippen LogP contribution in [0.25, 0.3) is 0 Å². The minimum Gasteiger partial charge on any atom is -0.508 e. The van der Waals surface area contributed by atoms with Gasteiger partial charge in [0.15, 0.2) is 0 Å². The smallest absolute Gasteiger partial charge is 0.115 e. The van der Waals surface area contributed by atoms with Crippen LogP contribution in [-0.2, 0) is 0 Å². The summed E-state index contributed by atoms with van der Waals surface area (Å²) < 4.78 is 0. The first-order valence-electron chi connectivity index (χ1n) is 12.6. The lowest BCUT2D eigenvalue weighted by Crippen LogP contribution is -2.47. The van der Waals surface area contributed by atoms with Crippen LogP contribution in [0.15, 0.2) is 35.1 Å². The molecule has 2 N–H and O–H groups in total. The van der Waals surface area contributed by atoms with Gasteiger partial charge in [-0.2, -0.15) is 0 Å². The summed E-state index contributed by atoms with van der Waals surface area (Å²) in [4.78, 5) is 0. The normalized spacial score (nSPS) is 43.3. The Bertz CT molecular complexity index is 759. The van der Waals surface area contributed by atoms with Crippen molar-refractivity contribution in [2.24, 2.45) is 46.3 Å². The Labute approximate surface area is 184 Å². The summed E-state index contributed by atoms with van der Waals surface area (Å²) >= 11 is 0. The van der Waals surface area contributed by atoms with E-state index in [0.717, 1.165) is 19.3 Å². The monoisotopic (exact) mass is 412 g/mol. The predicted molar refractivity (Wildman–Crippen MR) is 125 cm³/mol. The highest BCUT2D eigenvalue weighted by Crippen LogP contribution is 2.66. The van der Waals surface area contributed by atoms with E-state index in [4.69, 9.17) is 0 Å². The first kappa shape index (κ1) is 22.2. The number of hydrogen-bond acceptors (Lipinski definition) is 2. The molecular formula is C28H44O2. The molecule has 0 bridgehead atoms. The molecule has 30 heavy (non-hydrogen) atoms. The van der Waals surface area contributed by atoms with Crippen molar-refractivity contribution in [1.82, 2.24) is 0 Å². The van der Waals surface area contributed by atoms with Crippen LogP contribution in [0.4, 0.5) is 0 Å². The highest BCUT2D eigenvalue weighted by molar-refractivity contribution is 5.41. The summed E-state index contributed by atoms with van der Waals surface area (Å²) in [7, 11) is 0. The zero-order valence-electron chi connectivity index (χ0n) is 20.1. The average molecular weight is 413 g/mol. The molecule has 0 saturated heterocycles. The summed E-state index contributed by atoms with van der Waals surface area (Å²) in [6.45, 7) is 14.3. The first-order chi connectivity index (χ1) is 14.1. The summed E-state index contributed by atoms with van der Waals surface area (Å²) in [6.07, 6.45) is 14.4. The van der Waals surface area contributed by atoms with Crippen LogP contribution in [0.3, 0.4) is 0 Å². The number of rotatable bonds is 4. The summed E-state index contributed by atoms with van der Waals surface area (Å²) in [5.74, 6) is 4.14. The van der Waals surface area contributed by atoms with Crippen molar-refractivity contribution in [3.8, 4) is 0 Å². The molecule has 4 aliphatic carbocycles. The van der Waals surface area contributed by atoms with E-state index in [2.05, 4.69) is 59.8 Å². The fourth-order valence-corrected chi connectivity index (χ4v) is 7.66. The molecule has 8 atom stereocenters. The van der Waals surface area contributed by atoms with Gasteiger partial charge in [0.05, 0.1) is 6.10 Å². The number of hydrogen-bond donors (Lipinski definition) is 2. The van der Waals surface area contributed by atoms with E-state index in [1.807, 2.05) is 0 Å². The molecule has 0 aromatic rings. The predicted octanol–water partition coefficient (Wildman–Crippen LogP) is 7.22. The van der Waals surface area contributed by atoms with Gasteiger partial charge in [-0.1, -0.05) is 59.3 Å². The molecule has 0 amide bonds. The van der Waals surface area contributed by atoms with Gasteiger partial charge in [-0.3, -0.25) is 0 Å². The van der Waals surface area contributed by atoms with Crippen molar-refractivity contribution >= 4 is 0 Å². The molecule has 0 heterocycles. The topological polar surface area (TPSA) is 40.5 Å². The van der Waals surface area contributed by atoms with E-state index in [9.17, 15) is 10.2 Å². The Morgan fingerprint density at radius 3 is 2.40 bits per heavy atom. The third-order valence-corrected chi connectivity index (χ3v) is 10.1. The Morgan fingerprint density at radius 2 is 1.70 bits per heavy atom. The van der Waals surface area contributed by atoms with Gasteiger partial charge >= 0.3 is 0 Å². The molecule has 0 aromatic carbocycles. The minimum atomic E-state index is -0.232. The van der Waals surface area contributed by atoms with Gasteiger partial charge in [-0.05, 0) is 103 Å². The van der Waals surface area contributed by atoms with Crippen LogP contribution in [0.1, 0.15) is 86.5 Å². The van der Waals surface area contributed by atoms with Gasteiger partial charge in [-0.15, -0.1) is 0 Å². The molecule has 0 aromatic heterocycles. The van der Waals surface area contributed by atoms with Gasteiger partial charge in [0.1, 0.15) is 5.76 Å². The summed E-state index contributed by atoms with van der Waals surface area (Å²) in [5, 5.41) is 21.4. The van der Waals surface area contributed by atoms with E-state index >= 15 is 0 Å². The Kier molecular flexibility index (Phi) is 5.79. The van der Waals surface area contributed by atoms with Gasteiger partial charge in [0, 0.05) is 0 Å². The van der Waals surface area contributed by atoms with Crippen molar-refractivity contribution in [2.45, 2.75) is 92.6 Å². The molecule has 2 unspecified atom stereocenters. The van der Waals surface area contributed by atoms with E-state index < -0.39 is 0 Å². The van der Waals surface area contributed by atoms with Gasteiger partial charge in [0.25, 0.3) is 0 Å². The summed E-state index contributed by atoms with van der Waals surface area (Å²) in [6, 6.07) is 0. The van der Waals surface area contributed by atoms with Crippen LogP contribution >= 0.6 is 0 Å². The highest BCUT2D eigenvalue weighted by Gasteiger charge is 2.58. The van der Waals surface area contributed by atoms with Crippen LogP contribution in [-0.4, -0.2) is 16.3 Å². The Hall–Kier alpha value is -1.02. The zero-order chi connectivity index (χ0) is 21.8. The van der Waals surface area contributed by atoms with E-state index in [1.54, 1.807) is 0 Å². The highest BCUT2D eigenvalue weighted by atomic mass is 16.3. The maximum Gasteiger partial charge on any atom is 0.115 e. The third-order valence-electron chi connectivity index (χ3n) is 10.1. The molecule has 2 heteroatoms. The van der Waals surface area contributed by atoms with Crippen LogP contribution < -0.4 is 0 Å². The Morgan fingerprint density at radius 1 is 0.967 bits per heavy atom. The molecular weight excluding hydrogens is 368 g/mol.